The molecule has 0 aliphatic carbocycles. The number of amides is 1. The summed E-state index contributed by atoms with van der Waals surface area (Å²) in [5.74, 6) is -0.765. The quantitative estimate of drug-likeness (QED) is 0.816. The lowest BCUT2D eigenvalue weighted by molar-refractivity contribution is 0.0518. The van der Waals surface area contributed by atoms with Crippen molar-refractivity contribution in [3.8, 4) is 5.75 Å². The predicted molar refractivity (Wildman–Crippen MR) is 77.9 cm³/mol. The molecule has 116 valence electrons. The van der Waals surface area contributed by atoms with E-state index in [-0.39, 0.29) is 24.5 Å². The molecule has 21 heavy (non-hydrogen) atoms. The van der Waals surface area contributed by atoms with Gasteiger partial charge < -0.3 is 19.9 Å². The Labute approximate surface area is 124 Å². The lowest BCUT2D eigenvalue weighted by Crippen LogP contribution is -2.34. The topological polar surface area (TPSA) is 84.9 Å². The summed E-state index contributed by atoms with van der Waals surface area (Å²) < 4.78 is 10.5. The van der Waals surface area contributed by atoms with Crippen LogP contribution in [0.4, 0.5) is 4.79 Å². The van der Waals surface area contributed by atoms with Gasteiger partial charge in [-0.2, -0.15) is 0 Å². The Hall–Kier alpha value is -2.24. The third-order valence-electron chi connectivity index (χ3n) is 2.40. The number of rotatable bonds is 5. The maximum atomic E-state index is 11.4. The largest absolute Gasteiger partial charge is 0.491 e. The van der Waals surface area contributed by atoms with Gasteiger partial charge in [0.2, 0.25) is 0 Å². The molecule has 6 nitrogen and oxygen atoms in total. The van der Waals surface area contributed by atoms with Gasteiger partial charge in [0.15, 0.2) is 0 Å². The number of hydrogen-bond donors (Lipinski definition) is 2. The summed E-state index contributed by atoms with van der Waals surface area (Å²) in [7, 11) is 0. The number of alkyl carbamates (subject to hydrolysis) is 1. The van der Waals surface area contributed by atoms with E-state index in [0.717, 1.165) is 5.56 Å². The molecular formula is C15H21NO5. The Kier molecular flexibility index (Phi) is 5.58. The molecule has 0 saturated heterocycles. The van der Waals surface area contributed by atoms with Gasteiger partial charge >= 0.3 is 12.1 Å². The number of carbonyl (C=O) groups excluding carboxylic acids is 1. The number of hydrogen-bond acceptors (Lipinski definition) is 4. The molecule has 0 unspecified atom stereocenters. The molecule has 1 aromatic carbocycles. The van der Waals surface area contributed by atoms with Crippen LogP contribution in [-0.4, -0.2) is 35.9 Å². The first kappa shape index (κ1) is 16.8. The van der Waals surface area contributed by atoms with Crippen molar-refractivity contribution in [1.82, 2.24) is 5.32 Å². The molecule has 0 radical (unpaired) electrons. The standard InChI is InChI=1S/C15H21NO5/c1-10-5-6-11(13(17)18)12(9-10)20-8-7-16-14(19)21-15(2,3)4/h5-6,9H,7-8H2,1-4H3,(H,16,19)(H,17,18). The van der Waals surface area contributed by atoms with E-state index in [1.807, 2.05) is 6.92 Å². The van der Waals surface area contributed by atoms with E-state index >= 15 is 0 Å². The molecule has 0 bridgehead atoms. The number of carbonyl (C=O) groups is 2. The van der Waals surface area contributed by atoms with Crippen LogP contribution in [-0.2, 0) is 4.74 Å². The molecule has 0 saturated carbocycles. The van der Waals surface area contributed by atoms with Crippen molar-refractivity contribution in [2.45, 2.75) is 33.3 Å². The van der Waals surface area contributed by atoms with Crippen LogP contribution in [0.15, 0.2) is 18.2 Å². The highest BCUT2D eigenvalue weighted by molar-refractivity contribution is 5.90. The summed E-state index contributed by atoms with van der Waals surface area (Å²) in [5.41, 5.74) is 0.436. The average Bonchev–Trinajstić information content (AvgIpc) is 2.32. The van der Waals surface area contributed by atoms with Crippen molar-refractivity contribution in [2.24, 2.45) is 0 Å². The third-order valence-corrected chi connectivity index (χ3v) is 2.40. The zero-order chi connectivity index (χ0) is 16.0. The van der Waals surface area contributed by atoms with Gasteiger partial charge in [0.1, 0.15) is 23.5 Å². The number of carboxylic acid groups (broad SMARTS) is 1. The zero-order valence-corrected chi connectivity index (χ0v) is 12.7. The maximum Gasteiger partial charge on any atom is 0.407 e. The van der Waals surface area contributed by atoms with Gasteiger partial charge in [-0.15, -0.1) is 0 Å². The Morgan fingerprint density at radius 1 is 1.29 bits per heavy atom. The first-order valence-electron chi connectivity index (χ1n) is 6.62. The van der Waals surface area contributed by atoms with Crippen molar-refractivity contribution >= 4 is 12.1 Å². The van der Waals surface area contributed by atoms with Gasteiger partial charge in [-0.05, 0) is 45.4 Å². The molecule has 0 atom stereocenters. The zero-order valence-electron chi connectivity index (χ0n) is 12.7. The lowest BCUT2D eigenvalue weighted by atomic mass is 10.1. The van der Waals surface area contributed by atoms with Crippen LogP contribution in [0.2, 0.25) is 0 Å². The Bertz CT molecular complexity index is 519. The van der Waals surface area contributed by atoms with Crippen molar-refractivity contribution < 1.29 is 24.2 Å². The minimum Gasteiger partial charge on any atom is -0.491 e. The van der Waals surface area contributed by atoms with Crippen LogP contribution in [0, 0.1) is 6.92 Å². The van der Waals surface area contributed by atoms with Crippen LogP contribution in [0.5, 0.6) is 5.75 Å². The van der Waals surface area contributed by atoms with Gasteiger partial charge in [-0.1, -0.05) is 6.07 Å². The van der Waals surface area contributed by atoms with Crippen molar-refractivity contribution in [2.75, 3.05) is 13.2 Å². The average molecular weight is 295 g/mol. The maximum absolute atomic E-state index is 11.4. The van der Waals surface area contributed by atoms with Crippen LogP contribution < -0.4 is 10.1 Å². The molecule has 0 heterocycles. The van der Waals surface area contributed by atoms with E-state index < -0.39 is 17.7 Å². The fraction of sp³-hybridized carbons (Fsp3) is 0.467. The highest BCUT2D eigenvalue weighted by atomic mass is 16.6. The molecule has 0 spiro atoms. The van der Waals surface area contributed by atoms with Crippen LogP contribution in [0.3, 0.4) is 0 Å². The molecule has 0 fully saturated rings. The minimum absolute atomic E-state index is 0.0952. The van der Waals surface area contributed by atoms with E-state index in [9.17, 15) is 9.59 Å². The SMILES string of the molecule is Cc1ccc(C(=O)O)c(OCCNC(=O)OC(C)(C)C)c1. The van der Waals surface area contributed by atoms with Gasteiger partial charge in [0.25, 0.3) is 0 Å². The van der Waals surface area contributed by atoms with Gasteiger partial charge in [0.05, 0.1) is 6.54 Å². The smallest absolute Gasteiger partial charge is 0.407 e. The molecule has 2 N–H and O–H groups in total. The van der Waals surface area contributed by atoms with Crippen LogP contribution >= 0.6 is 0 Å². The molecule has 1 aromatic rings. The Morgan fingerprint density at radius 2 is 1.95 bits per heavy atom. The van der Waals surface area contributed by atoms with Gasteiger partial charge in [-0.3, -0.25) is 0 Å². The molecule has 1 amide bonds. The summed E-state index contributed by atoms with van der Waals surface area (Å²) in [5, 5.41) is 11.6. The Morgan fingerprint density at radius 3 is 2.52 bits per heavy atom. The monoisotopic (exact) mass is 295 g/mol. The van der Waals surface area contributed by atoms with E-state index in [0.29, 0.717) is 0 Å². The second-order valence-electron chi connectivity index (χ2n) is 5.58. The van der Waals surface area contributed by atoms with Crippen LogP contribution in [0.25, 0.3) is 0 Å². The van der Waals surface area contributed by atoms with Gasteiger partial charge in [0, 0.05) is 0 Å². The molecule has 1 rings (SSSR count). The summed E-state index contributed by atoms with van der Waals surface area (Å²) in [6.07, 6.45) is -0.534. The van der Waals surface area contributed by atoms with Crippen molar-refractivity contribution in [3.05, 3.63) is 29.3 Å². The van der Waals surface area contributed by atoms with Crippen LogP contribution in [0.1, 0.15) is 36.7 Å². The number of aromatic carboxylic acids is 1. The van der Waals surface area contributed by atoms with E-state index in [4.69, 9.17) is 14.6 Å². The van der Waals surface area contributed by atoms with Gasteiger partial charge in [-0.25, -0.2) is 9.59 Å². The highest BCUT2D eigenvalue weighted by Gasteiger charge is 2.16. The molecule has 0 aliphatic rings. The molecule has 0 aliphatic heterocycles. The fourth-order valence-corrected chi connectivity index (χ4v) is 1.55. The summed E-state index contributed by atoms with van der Waals surface area (Å²) >= 11 is 0. The van der Waals surface area contributed by atoms with E-state index in [1.54, 1.807) is 32.9 Å². The predicted octanol–water partition coefficient (Wildman–Crippen LogP) is 2.60. The first-order chi connectivity index (χ1) is 9.69. The first-order valence-corrected chi connectivity index (χ1v) is 6.62. The number of nitrogens with one attached hydrogen (secondary N) is 1. The Balaban J connectivity index is 2.48. The normalized spacial score (nSPS) is 10.9. The second-order valence-corrected chi connectivity index (χ2v) is 5.58. The molecule has 0 aromatic heterocycles. The lowest BCUT2D eigenvalue weighted by Gasteiger charge is -2.19. The van der Waals surface area contributed by atoms with Crippen molar-refractivity contribution in [3.63, 3.8) is 0 Å². The van der Waals surface area contributed by atoms with Crippen molar-refractivity contribution in [1.29, 1.82) is 0 Å². The molecule has 6 heteroatoms. The fourth-order valence-electron chi connectivity index (χ4n) is 1.55. The van der Waals surface area contributed by atoms with E-state index in [2.05, 4.69) is 5.32 Å². The summed E-state index contributed by atoms with van der Waals surface area (Å²) in [6.45, 7) is 7.54. The third kappa shape index (κ3) is 6.16. The summed E-state index contributed by atoms with van der Waals surface area (Å²) in [6, 6.07) is 4.85. The number of ether oxygens (including phenoxy) is 2. The number of benzene rings is 1. The van der Waals surface area contributed by atoms with E-state index in [1.165, 1.54) is 6.07 Å². The molecular weight excluding hydrogens is 274 g/mol. The second kappa shape index (κ2) is 6.97. The summed E-state index contributed by atoms with van der Waals surface area (Å²) in [4.78, 5) is 22.5. The number of carboxylic acids is 1. The minimum atomic E-state index is -1.05. The highest BCUT2D eigenvalue weighted by Crippen LogP contribution is 2.20. The number of aryl methyl sites for hydroxylation is 1.